The Hall–Kier alpha value is -0.820. The molecule has 1 aliphatic rings. The summed E-state index contributed by atoms with van der Waals surface area (Å²) in [6.07, 6.45) is 7.65. The van der Waals surface area contributed by atoms with Crippen molar-refractivity contribution >= 4 is 11.3 Å². The van der Waals surface area contributed by atoms with Crippen LogP contribution in [0.4, 0.5) is 0 Å². The largest absolute Gasteiger partial charge is 0.395 e. The van der Waals surface area contributed by atoms with Gasteiger partial charge in [-0.1, -0.05) is 31.1 Å². The molecule has 2 nitrogen and oxygen atoms in total. The molecule has 0 atom stereocenters. The molecule has 0 amide bonds. The van der Waals surface area contributed by atoms with Gasteiger partial charge in [-0.3, -0.25) is 0 Å². The average molecular weight is 291 g/mol. The van der Waals surface area contributed by atoms with Crippen molar-refractivity contribution in [2.45, 2.75) is 45.1 Å². The van der Waals surface area contributed by atoms with Crippen LogP contribution in [0.15, 0.2) is 11.4 Å². The van der Waals surface area contributed by atoms with Gasteiger partial charge in [0.25, 0.3) is 0 Å². The minimum Gasteiger partial charge on any atom is -0.395 e. The van der Waals surface area contributed by atoms with Gasteiger partial charge in [-0.05, 0) is 31.9 Å². The molecule has 1 heterocycles. The van der Waals surface area contributed by atoms with Crippen LogP contribution in [-0.2, 0) is 6.54 Å². The van der Waals surface area contributed by atoms with Gasteiger partial charge >= 0.3 is 0 Å². The summed E-state index contributed by atoms with van der Waals surface area (Å²) in [6, 6.07) is 2.19. The SMILES string of the molecule is CN(Cc1cc(C#CCCO)cs1)CC1CCCCC1. The van der Waals surface area contributed by atoms with Crippen molar-refractivity contribution in [1.82, 2.24) is 4.90 Å². The second kappa shape index (κ2) is 8.46. The Morgan fingerprint density at radius 2 is 2.15 bits per heavy atom. The van der Waals surface area contributed by atoms with Crippen molar-refractivity contribution in [3.63, 3.8) is 0 Å². The molecular weight excluding hydrogens is 266 g/mol. The first-order valence-electron chi connectivity index (χ1n) is 7.63. The molecule has 1 fully saturated rings. The fraction of sp³-hybridized carbons (Fsp3) is 0.647. The van der Waals surface area contributed by atoms with E-state index >= 15 is 0 Å². The lowest BCUT2D eigenvalue weighted by Crippen LogP contribution is -2.26. The van der Waals surface area contributed by atoms with Gasteiger partial charge in [0.05, 0.1) is 6.61 Å². The van der Waals surface area contributed by atoms with Crippen LogP contribution in [0.3, 0.4) is 0 Å². The lowest BCUT2D eigenvalue weighted by atomic mass is 9.89. The first kappa shape index (κ1) is 15.6. The molecule has 110 valence electrons. The van der Waals surface area contributed by atoms with Crippen LogP contribution in [0, 0.1) is 17.8 Å². The van der Waals surface area contributed by atoms with E-state index in [-0.39, 0.29) is 6.61 Å². The van der Waals surface area contributed by atoms with Gasteiger partial charge in [0.2, 0.25) is 0 Å². The van der Waals surface area contributed by atoms with E-state index in [1.54, 1.807) is 11.3 Å². The summed E-state index contributed by atoms with van der Waals surface area (Å²) in [5, 5.41) is 10.8. The van der Waals surface area contributed by atoms with Gasteiger partial charge in [0.15, 0.2) is 0 Å². The smallest absolute Gasteiger partial charge is 0.0540 e. The summed E-state index contributed by atoms with van der Waals surface area (Å²) in [5.41, 5.74) is 1.09. The van der Waals surface area contributed by atoms with E-state index in [1.165, 1.54) is 43.5 Å². The molecule has 0 spiro atoms. The molecule has 1 saturated carbocycles. The highest BCUT2D eigenvalue weighted by molar-refractivity contribution is 7.10. The molecule has 1 aromatic heterocycles. The van der Waals surface area contributed by atoms with Crippen molar-refractivity contribution < 1.29 is 5.11 Å². The van der Waals surface area contributed by atoms with Gasteiger partial charge in [0, 0.05) is 35.3 Å². The predicted octanol–water partition coefficient (Wildman–Crippen LogP) is 3.49. The first-order valence-corrected chi connectivity index (χ1v) is 8.51. The van der Waals surface area contributed by atoms with Gasteiger partial charge < -0.3 is 10.0 Å². The normalized spacial score (nSPS) is 16.1. The van der Waals surface area contributed by atoms with Crippen molar-refractivity contribution in [2.24, 2.45) is 5.92 Å². The quantitative estimate of drug-likeness (QED) is 0.839. The molecule has 0 radical (unpaired) electrons. The third-order valence-corrected chi connectivity index (χ3v) is 4.77. The average Bonchev–Trinajstić information content (AvgIpc) is 2.87. The van der Waals surface area contributed by atoms with Gasteiger partial charge in [0.1, 0.15) is 0 Å². The minimum atomic E-state index is 0.147. The van der Waals surface area contributed by atoms with Crippen LogP contribution >= 0.6 is 11.3 Å². The molecule has 0 unspecified atom stereocenters. The Balaban J connectivity index is 1.79. The molecule has 0 aromatic carbocycles. The van der Waals surface area contributed by atoms with Crippen LogP contribution in [-0.4, -0.2) is 30.2 Å². The highest BCUT2D eigenvalue weighted by Gasteiger charge is 2.15. The van der Waals surface area contributed by atoms with Crippen molar-refractivity contribution in [2.75, 3.05) is 20.2 Å². The van der Waals surface area contributed by atoms with Crippen LogP contribution in [0.5, 0.6) is 0 Å². The lowest BCUT2D eigenvalue weighted by molar-refractivity contribution is 0.229. The van der Waals surface area contributed by atoms with Crippen LogP contribution in [0.2, 0.25) is 0 Å². The minimum absolute atomic E-state index is 0.147. The van der Waals surface area contributed by atoms with E-state index in [0.29, 0.717) is 6.42 Å². The van der Waals surface area contributed by atoms with E-state index < -0.39 is 0 Å². The number of aliphatic hydroxyl groups excluding tert-OH is 1. The third kappa shape index (κ3) is 5.28. The molecule has 1 aromatic rings. The van der Waals surface area contributed by atoms with Gasteiger partial charge in [-0.15, -0.1) is 11.3 Å². The zero-order chi connectivity index (χ0) is 14.2. The van der Waals surface area contributed by atoms with Gasteiger partial charge in [-0.2, -0.15) is 0 Å². The molecule has 2 rings (SSSR count). The lowest BCUT2D eigenvalue weighted by Gasteiger charge is -2.26. The van der Waals surface area contributed by atoms with Crippen LogP contribution in [0.1, 0.15) is 49.0 Å². The summed E-state index contributed by atoms with van der Waals surface area (Å²) in [4.78, 5) is 3.84. The van der Waals surface area contributed by atoms with Crippen molar-refractivity contribution in [3.8, 4) is 11.8 Å². The molecule has 1 N–H and O–H groups in total. The standard InChI is InChI=1S/C17H25NOS/c1-18(12-15-7-3-2-4-8-15)13-17-11-16(14-20-17)9-5-6-10-19/h11,14-15,19H,2-4,6-8,10,12-13H2,1H3. The van der Waals surface area contributed by atoms with Crippen LogP contribution < -0.4 is 0 Å². The van der Waals surface area contributed by atoms with Crippen molar-refractivity contribution in [3.05, 3.63) is 21.9 Å². The van der Waals surface area contributed by atoms with E-state index in [0.717, 1.165) is 18.0 Å². The van der Waals surface area contributed by atoms with E-state index in [9.17, 15) is 0 Å². The fourth-order valence-electron chi connectivity index (χ4n) is 2.89. The summed E-state index contributed by atoms with van der Waals surface area (Å²) in [5.74, 6) is 6.98. The second-order valence-corrected chi connectivity index (χ2v) is 6.77. The maximum Gasteiger partial charge on any atom is 0.0540 e. The second-order valence-electron chi connectivity index (χ2n) is 5.78. The molecule has 0 bridgehead atoms. The third-order valence-electron chi connectivity index (χ3n) is 3.84. The number of thiophene rings is 1. The monoisotopic (exact) mass is 291 g/mol. The maximum absolute atomic E-state index is 8.72. The Morgan fingerprint density at radius 1 is 1.35 bits per heavy atom. The highest BCUT2D eigenvalue weighted by atomic mass is 32.1. The number of rotatable bonds is 5. The summed E-state index contributed by atoms with van der Waals surface area (Å²) >= 11 is 1.79. The fourth-order valence-corrected chi connectivity index (χ4v) is 3.79. The maximum atomic E-state index is 8.72. The predicted molar refractivity (Wildman–Crippen MR) is 85.8 cm³/mol. The molecular formula is C17H25NOS. The molecule has 0 saturated heterocycles. The Bertz CT molecular complexity index is 451. The zero-order valence-corrected chi connectivity index (χ0v) is 13.2. The molecule has 3 heteroatoms. The highest BCUT2D eigenvalue weighted by Crippen LogP contribution is 2.25. The molecule has 20 heavy (non-hydrogen) atoms. The summed E-state index contributed by atoms with van der Waals surface area (Å²) < 4.78 is 0. The molecule has 0 aliphatic heterocycles. The number of hydrogen-bond donors (Lipinski definition) is 1. The summed E-state index contributed by atoms with van der Waals surface area (Å²) in [7, 11) is 2.23. The molecule has 1 aliphatic carbocycles. The zero-order valence-electron chi connectivity index (χ0n) is 12.4. The van der Waals surface area contributed by atoms with Crippen molar-refractivity contribution in [1.29, 1.82) is 0 Å². The Morgan fingerprint density at radius 3 is 2.90 bits per heavy atom. The van der Waals surface area contributed by atoms with E-state index in [1.807, 2.05) is 0 Å². The first-order chi connectivity index (χ1) is 9.78. The van der Waals surface area contributed by atoms with Gasteiger partial charge in [-0.25, -0.2) is 0 Å². The summed E-state index contributed by atoms with van der Waals surface area (Å²) in [6.45, 7) is 2.40. The number of hydrogen-bond acceptors (Lipinski definition) is 3. The van der Waals surface area contributed by atoms with Crippen LogP contribution in [0.25, 0.3) is 0 Å². The number of nitrogens with zero attached hydrogens (tertiary/aromatic N) is 1. The van der Waals surface area contributed by atoms with E-state index in [4.69, 9.17) is 5.11 Å². The Labute approximate surface area is 126 Å². The van der Waals surface area contributed by atoms with E-state index in [2.05, 4.69) is 35.2 Å². The topological polar surface area (TPSA) is 23.5 Å². The Kier molecular flexibility index (Phi) is 6.59. The number of aliphatic hydroxyl groups is 1.